The summed E-state index contributed by atoms with van der Waals surface area (Å²) in [7, 11) is 0. The summed E-state index contributed by atoms with van der Waals surface area (Å²) in [4.78, 5) is 26.2. The topological polar surface area (TPSA) is 65.0 Å². The highest BCUT2D eigenvalue weighted by molar-refractivity contribution is 6.18. The highest BCUT2D eigenvalue weighted by Crippen LogP contribution is 2.37. The van der Waals surface area contributed by atoms with Gasteiger partial charge in [-0.15, -0.1) is 16.5 Å². The fourth-order valence-electron chi connectivity index (χ4n) is 4.44. The van der Waals surface area contributed by atoms with Crippen molar-refractivity contribution in [1.82, 2.24) is 15.2 Å². The summed E-state index contributed by atoms with van der Waals surface area (Å²) in [5, 5.41) is 6.30. The number of carbonyl (C=O) groups is 1. The lowest BCUT2D eigenvalue weighted by Crippen LogP contribution is -2.46. The van der Waals surface area contributed by atoms with Gasteiger partial charge >= 0.3 is 6.03 Å². The van der Waals surface area contributed by atoms with Crippen LogP contribution in [0.2, 0.25) is 0 Å². The molecule has 0 aliphatic carbocycles. The van der Waals surface area contributed by atoms with E-state index in [2.05, 4.69) is 29.4 Å². The van der Waals surface area contributed by atoms with Crippen LogP contribution in [0.4, 0.5) is 13.6 Å². The van der Waals surface area contributed by atoms with E-state index < -0.39 is 11.4 Å². The van der Waals surface area contributed by atoms with Crippen LogP contribution in [-0.2, 0) is 5.41 Å². The number of nitrogens with one attached hydrogen (secondary N) is 1. The molecule has 192 valence electrons. The SMILES string of the molecule is CCCN(CCC)CCCC(CNC(=O)N(CCCl)N=O)(c1ccc(F)cc1)c1ccc(F)cc1. The lowest BCUT2D eigenvalue weighted by molar-refractivity contribution is 0.198. The van der Waals surface area contributed by atoms with E-state index in [0.717, 1.165) is 55.0 Å². The fourth-order valence-corrected chi connectivity index (χ4v) is 4.60. The Morgan fingerprint density at radius 1 is 0.914 bits per heavy atom. The zero-order valence-corrected chi connectivity index (χ0v) is 21.2. The first-order chi connectivity index (χ1) is 16.9. The van der Waals surface area contributed by atoms with Crippen LogP contribution in [0.25, 0.3) is 0 Å². The van der Waals surface area contributed by atoms with Crippen LogP contribution in [0.15, 0.2) is 53.8 Å². The second-order valence-corrected chi connectivity index (χ2v) is 8.97. The zero-order valence-electron chi connectivity index (χ0n) is 20.5. The standard InChI is InChI=1S/C26H35ClF2N4O2/c1-3-16-32(17-4-2)18-5-14-26(21-6-10-23(28)11-7-21,22-8-12-24(29)13-9-22)20-30-25(34)33(31-35)19-15-27/h6-13H,3-5,14-20H2,1-2H3,(H,30,34). The van der Waals surface area contributed by atoms with Crippen molar-refractivity contribution >= 4 is 17.6 Å². The third-order valence-corrected chi connectivity index (χ3v) is 6.29. The first-order valence-electron chi connectivity index (χ1n) is 12.1. The summed E-state index contributed by atoms with van der Waals surface area (Å²) < 4.78 is 27.6. The molecule has 2 amide bonds. The number of nitrogens with zero attached hydrogens (tertiary/aromatic N) is 3. The molecule has 0 unspecified atom stereocenters. The molecule has 0 aliphatic heterocycles. The summed E-state index contributed by atoms with van der Waals surface area (Å²) in [5.41, 5.74) is 0.786. The van der Waals surface area contributed by atoms with Crippen molar-refractivity contribution in [1.29, 1.82) is 0 Å². The monoisotopic (exact) mass is 508 g/mol. The van der Waals surface area contributed by atoms with Crippen molar-refractivity contribution in [2.45, 2.75) is 44.9 Å². The van der Waals surface area contributed by atoms with E-state index in [0.29, 0.717) is 6.42 Å². The van der Waals surface area contributed by atoms with E-state index in [1.165, 1.54) is 24.3 Å². The first-order valence-corrected chi connectivity index (χ1v) is 12.6. The number of urea groups is 1. The Balaban J connectivity index is 2.44. The van der Waals surface area contributed by atoms with Crippen LogP contribution in [-0.4, -0.2) is 54.5 Å². The lowest BCUT2D eigenvalue weighted by Gasteiger charge is -2.36. The number of rotatable bonds is 15. The van der Waals surface area contributed by atoms with Gasteiger partial charge in [-0.2, -0.15) is 5.01 Å². The van der Waals surface area contributed by atoms with Gasteiger partial charge < -0.3 is 10.2 Å². The molecule has 1 N–H and O–H groups in total. The third kappa shape index (κ3) is 8.25. The number of hydrogen-bond donors (Lipinski definition) is 1. The van der Waals surface area contributed by atoms with Gasteiger partial charge in [0, 0.05) is 17.8 Å². The Hall–Kier alpha value is -2.58. The predicted molar refractivity (Wildman–Crippen MR) is 136 cm³/mol. The minimum Gasteiger partial charge on any atom is -0.335 e. The highest BCUT2D eigenvalue weighted by Gasteiger charge is 2.35. The van der Waals surface area contributed by atoms with Gasteiger partial charge in [-0.3, -0.25) is 0 Å². The van der Waals surface area contributed by atoms with Crippen LogP contribution in [0, 0.1) is 16.5 Å². The van der Waals surface area contributed by atoms with Crippen LogP contribution in [0.3, 0.4) is 0 Å². The van der Waals surface area contributed by atoms with Crippen molar-refractivity contribution in [3.63, 3.8) is 0 Å². The van der Waals surface area contributed by atoms with Crippen LogP contribution < -0.4 is 5.32 Å². The molecule has 2 aromatic rings. The van der Waals surface area contributed by atoms with E-state index in [9.17, 15) is 18.5 Å². The molecule has 35 heavy (non-hydrogen) atoms. The number of amides is 2. The Morgan fingerprint density at radius 2 is 1.43 bits per heavy atom. The summed E-state index contributed by atoms with van der Waals surface area (Å²) in [6.45, 7) is 7.21. The normalized spacial score (nSPS) is 11.5. The molecule has 0 spiro atoms. The maximum Gasteiger partial charge on any atom is 0.340 e. The minimum absolute atomic E-state index is 0.0278. The molecular weight excluding hydrogens is 474 g/mol. The highest BCUT2D eigenvalue weighted by atomic mass is 35.5. The Morgan fingerprint density at radius 3 is 1.86 bits per heavy atom. The molecular formula is C26H35ClF2N4O2. The van der Waals surface area contributed by atoms with Crippen molar-refractivity contribution in [2.75, 3.05) is 38.6 Å². The number of benzene rings is 2. The average Bonchev–Trinajstić information content (AvgIpc) is 2.86. The third-order valence-electron chi connectivity index (χ3n) is 6.12. The zero-order chi connectivity index (χ0) is 25.7. The maximum absolute atomic E-state index is 13.8. The van der Waals surface area contributed by atoms with Crippen LogP contribution in [0.1, 0.15) is 50.7 Å². The summed E-state index contributed by atoms with van der Waals surface area (Å²) in [6.07, 6.45) is 3.50. The number of nitroso groups, excluding NO2 is 1. The van der Waals surface area contributed by atoms with Gasteiger partial charge in [-0.25, -0.2) is 13.6 Å². The van der Waals surface area contributed by atoms with Crippen molar-refractivity contribution in [3.8, 4) is 0 Å². The smallest absolute Gasteiger partial charge is 0.335 e. The number of halogens is 3. The minimum atomic E-state index is -0.781. The summed E-state index contributed by atoms with van der Waals surface area (Å²) >= 11 is 5.68. The maximum atomic E-state index is 13.8. The lowest BCUT2D eigenvalue weighted by atomic mass is 9.71. The van der Waals surface area contributed by atoms with E-state index in [-0.39, 0.29) is 30.6 Å². The Labute approximate surface area is 211 Å². The van der Waals surface area contributed by atoms with E-state index >= 15 is 0 Å². The van der Waals surface area contributed by atoms with Crippen molar-refractivity contribution in [3.05, 3.63) is 76.2 Å². The quantitative estimate of drug-likeness (QED) is 0.180. The molecule has 0 bridgehead atoms. The molecule has 0 fully saturated rings. The van der Waals surface area contributed by atoms with Gasteiger partial charge in [0.05, 0.1) is 11.8 Å². The molecule has 2 aromatic carbocycles. The molecule has 9 heteroatoms. The van der Waals surface area contributed by atoms with Gasteiger partial charge in [0.25, 0.3) is 0 Å². The number of hydrogen-bond acceptors (Lipinski definition) is 4. The largest absolute Gasteiger partial charge is 0.340 e. The fraction of sp³-hybridized carbons (Fsp3) is 0.500. The Kier molecular flexibility index (Phi) is 12.1. The van der Waals surface area contributed by atoms with E-state index in [1.807, 2.05) is 0 Å². The first kappa shape index (κ1) is 28.7. The van der Waals surface area contributed by atoms with Gasteiger partial charge in [0.15, 0.2) is 0 Å². The number of carbonyl (C=O) groups excluding carboxylic acids is 1. The summed E-state index contributed by atoms with van der Waals surface area (Å²) in [6, 6.07) is 11.6. The van der Waals surface area contributed by atoms with Crippen molar-refractivity contribution < 1.29 is 13.6 Å². The second kappa shape index (κ2) is 14.7. The van der Waals surface area contributed by atoms with Gasteiger partial charge in [-0.1, -0.05) is 38.1 Å². The molecule has 0 heterocycles. The number of alkyl halides is 1. The van der Waals surface area contributed by atoms with Gasteiger partial charge in [-0.05, 0) is 80.7 Å². The molecule has 0 atom stereocenters. The van der Waals surface area contributed by atoms with Crippen LogP contribution in [0.5, 0.6) is 0 Å². The van der Waals surface area contributed by atoms with Crippen LogP contribution >= 0.6 is 11.6 Å². The predicted octanol–water partition coefficient (Wildman–Crippen LogP) is 6.08. The van der Waals surface area contributed by atoms with E-state index in [4.69, 9.17) is 11.6 Å². The molecule has 0 radical (unpaired) electrons. The van der Waals surface area contributed by atoms with Gasteiger partial charge in [0.1, 0.15) is 11.6 Å². The molecule has 0 saturated heterocycles. The second-order valence-electron chi connectivity index (χ2n) is 8.59. The van der Waals surface area contributed by atoms with E-state index in [1.54, 1.807) is 24.3 Å². The van der Waals surface area contributed by atoms with Crippen molar-refractivity contribution in [2.24, 2.45) is 5.29 Å². The average molecular weight is 509 g/mol. The van der Waals surface area contributed by atoms with Gasteiger partial charge in [0.2, 0.25) is 0 Å². The summed E-state index contributed by atoms with van der Waals surface area (Å²) in [5.74, 6) is -0.687. The molecule has 0 aliphatic rings. The molecule has 2 rings (SSSR count). The molecule has 0 aromatic heterocycles. The molecule has 6 nitrogen and oxygen atoms in total. The molecule has 0 saturated carbocycles. The Bertz CT molecular complexity index is 861.